The fourth-order valence-electron chi connectivity index (χ4n) is 3.97. The summed E-state index contributed by atoms with van der Waals surface area (Å²) in [6.07, 6.45) is -0.740. The van der Waals surface area contributed by atoms with E-state index in [4.69, 9.17) is 5.11 Å². The van der Waals surface area contributed by atoms with Crippen LogP contribution < -0.4 is 10.9 Å². The van der Waals surface area contributed by atoms with Gasteiger partial charge in [0.05, 0.1) is 17.7 Å². The summed E-state index contributed by atoms with van der Waals surface area (Å²) < 4.78 is 54.7. The Bertz CT molecular complexity index is 1270. The van der Waals surface area contributed by atoms with Gasteiger partial charge in [0.25, 0.3) is 5.56 Å². The molecule has 0 saturated heterocycles. The van der Waals surface area contributed by atoms with Gasteiger partial charge in [0.1, 0.15) is 5.69 Å². The molecule has 3 aromatic rings. The van der Waals surface area contributed by atoms with Gasteiger partial charge in [-0.3, -0.25) is 14.2 Å². The second-order valence-electron chi connectivity index (χ2n) is 8.10. The molecular weight excluding hydrogens is 456 g/mol. The number of carboxylic acids is 1. The third kappa shape index (κ3) is 5.08. The maximum atomic E-state index is 14.6. The number of nitrogens with zero attached hydrogens (tertiary/aromatic N) is 3. The number of aromatic nitrogens is 3. The Kier molecular flexibility index (Phi) is 6.36. The van der Waals surface area contributed by atoms with Crippen LogP contribution in [0, 0.1) is 11.7 Å². The fourth-order valence-corrected chi connectivity index (χ4v) is 3.97. The van der Waals surface area contributed by atoms with Crippen LogP contribution >= 0.6 is 0 Å². The molecule has 2 aromatic heterocycles. The van der Waals surface area contributed by atoms with Crippen LogP contribution in [-0.4, -0.2) is 31.7 Å². The molecule has 11 heteroatoms. The minimum atomic E-state index is -4.63. The maximum absolute atomic E-state index is 14.6. The predicted molar refractivity (Wildman–Crippen MR) is 115 cm³/mol. The molecule has 34 heavy (non-hydrogen) atoms. The molecule has 2 N–H and O–H groups in total. The van der Waals surface area contributed by atoms with Gasteiger partial charge in [0, 0.05) is 29.6 Å². The molecule has 0 radical (unpaired) electrons. The van der Waals surface area contributed by atoms with Gasteiger partial charge >= 0.3 is 12.1 Å². The average Bonchev–Trinajstić information content (AvgIpc) is 2.80. The first-order chi connectivity index (χ1) is 16.1. The van der Waals surface area contributed by atoms with E-state index in [2.05, 4.69) is 15.3 Å². The number of halogens is 4. The molecular formula is C23H20F4N4O3. The molecule has 1 fully saturated rings. The van der Waals surface area contributed by atoms with Crippen LogP contribution in [-0.2, 0) is 11.0 Å². The summed E-state index contributed by atoms with van der Waals surface area (Å²) in [5.74, 6) is -1.80. The smallest absolute Gasteiger partial charge is 0.417 e. The summed E-state index contributed by atoms with van der Waals surface area (Å²) in [6.45, 7) is 0. The van der Waals surface area contributed by atoms with E-state index in [1.54, 1.807) is 0 Å². The highest BCUT2D eigenvalue weighted by atomic mass is 19.4. The molecule has 0 aliphatic heterocycles. The summed E-state index contributed by atoms with van der Waals surface area (Å²) in [5, 5.41) is 12.2. The van der Waals surface area contributed by atoms with Gasteiger partial charge in [-0.1, -0.05) is 12.1 Å². The summed E-state index contributed by atoms with van der Waals surface area (Å²) in [5.41, 5.74) is -1.38. The van der Waals surface area contributed by atoms with Crippen molar-refractivity contribution < 1.29 is 27.5 Å². The van der Waals surface area contributed by atoms with E-state index in [0.717, 1.165) is 16.8 Å². The standard InChI is InChI=1S/C23H20F4N4O3/c24-18-11-28-22(29-16-7-4-13(5-8-16)21(33)34)30-20(18)14-2-1-3-17(10-14)31-12-15(23(25,26)27)6-9-19(31)32/h1-3,6,9-13,16H,4-5,7-8H2,(H,33,34)(H,28,29,30)/t13-,16-. The molecule has 0 bridgehead atoms. The normalized spacial score (nSPS) is 18.5. The highest BCUT2D eigenvalue weighted by molar-refractivity contribution is 5.70. The SMILES string of the molecule is O=c1ccc(C(F)(F)F)cn1-c1cccc(-c2nc(N[C@H]3CC[C@H](C(=O)O)CC3)ncc2F)c1. The number of aliphatic carboxylic acids is 1. The van der Waals surface area contributed by atoms with E-state index < -0.39 is 29.1 Å². The molecule has 1 aliphatic carbocycles. The monoisotopic (exact) mass is 476 g/mol. The highest BCUT2D eigenvalue weighted by Crippen LogP contribution is 2.30. The second-order valence-corrected chi connectivity index (χ2v) is 8.10. The number of carboxylic acid groups (broad SMARTS) is 1. The van der Waals surface area contributed by atoms with Crippen molar-refractivity contribution in [3.63, 3.8) is 0 Å². The predicted octanol–water partition coefficient (Wildman–Crippen LogP) is 4.51. The molecule has 7 nitrogen and oxygen atoms in total. The third-order valence-electron chi connectivity index (χ3n) is 5.79. The number of alkyl halides is 3. The van der Waals surface area contributed by atoms with Crippen molar-refractivity contribution in [1.29, 1.82) is 0 Å². The zero-order valence-electron chi connectivity index (χ0n) is 17.7. The Morgan fingerprint density at radius 2 is 1.85 bits per heavy atom. The molecule has 0 spiro atoms. The van der Waals surface area contributed by atoms with E-state index in [0.29, 0.717) is 37.9 Å². The average molecular weight is 476 g/mol. The first-order valence-corrected chi connectivity index (χ1v) is 10.5. The fraction of sp³-hybridized carbons (Fsp3) is 0.304. The van der Waals surface area contributed by atoms with Crippen LogP contribution in [0.3, 0.4) is 0 Å². The molecule has 1 aliphatic rings. The highest BCUT2D eigenvalue weighted by Gasteiger charge is 2.31. The molecule has 0 atom stereocenters. The molecule has 2 heterocycles. The first kappa shape index (κ1) is 23.4. The Balaban J connectivity index is 1.61. The number of benzene rings is 1. The van der Waals surface area contributed by atoms with Crippen LogP contribution in [0.4, 0.5) is 23.5 Å². The van der Waals surface area contributed by atoms with Gasteiger partial charge < -0.3 is 10.4 Å². The second kappa shape index (κ2) is 9.24. The van der Waals surface area contributed by atoms with Gasteiger partial charge in [-0.25, -0.2) is 14.4 Å². The van der Waals surface area contributed by atoms with Crippen molar-refractivity contribution in [3.05, 3.63) is 70.5 Å². The van der Waals surface area contributed by atoms with Gasteiger partial charge in [-0.05, 0) is 43.9 Å². The minimum Gasteiger partial charge on any atom is -0.481 e. The molecule has 1 saturated carbocycles. The third-order valence-corrected chi connectivity index (χ3v) is 5.79. The van der Waals surface area contributed by atoms with Crippen molar-refractivity contribution in [3.8, 4) is 16.9 Å². The van der Waals surface area contributed by atoms with Crippen LogP contribution in [0.25, 0.3) is 16.9 Å². The van der Waals surface area contributed by atoms with Crippen molar-refractivity contribution in [2.75, 3.05) is 5.32 Å². The van der Waals surface area contributed by atoms with Gasteiger partial charge in [-0.15, -0.1) is 0 Å². The summed E-state index contributed by atoms with van der Waals surface area (Å²) >= 11 is 0. The summed E-state index contributed by atoms with van der Waals surface area (Å²) in [4.78, 5) is 31.5. The van der Waals surface area contributed by atoms with Crippen LogP contribution in [0.1, 0.15) is 31.2 Å². The van der Waals surface area contributed by atoms with E-state index >= 15 is 0 Å². The largest absolute Gasteiger partial charge is 0.481 e. The Morgan fingerprint density at radius 3 is 2.53 bits per heavy atom. The molecule has 1 aromatic carbocycles. The zero-order chi connectivity index (χ0) is 24.5. The lowest BCUT2D eigenvalue weighted by atomic mass is 9.86. The summed E-state index contributed by atoms with van der Waals surface area (Å²) in [7, 11) is 0. The Labute approximate surface area is 191 Å². The van der Waals surface area contributed by atoms with E-state index in [9.17, 15) is 27.2 Å². The lowest BCUT2D eigenvalue weighted by Gasteiger charge is -2.26. The topological polar surface area (TPSA) is 97.1 Å². The Hall–Kier alpha value is -3.76. The van der Waals surface area contributed by atoms with Crippen molar-refractivity contribution in [1.82, 2.24) is 14.5 Å². The lowest BCUT2D eigenvalue weighted by Crippen LogP contribution is -2.29. The first-order valence-electron chi connectivity index (χ1n) is 10.5. The molecule has 178 valence electrons. The van der Waals surface area contributed by atoms with Crippen LogP contribution in [0.2, 0.25) is 0 Å². The van der Waals surface area contributed by atoms with E-state index in [1.807, 2.05) is 0 Å². The number of hydrogen-bond acceptors (Lipinski definition) is 5. The van der Waals surface area contributed by atoms with Crippen LogP contribution in [0.5, 0.6) is 0 Å². The number of rotatable bonds is 5. The van der Waals surface area contributed by atoms with E-state index in [1.165, 1.54) is 24.3 Å². The Morgan fingerprint density at radius 1 is 1.12 bits per heavy atom. The number of nitrogens with one attached hydrogen (secondary N) is 1. The van der Waals surface area contributed by atoms with Crippen molar-refractivity contribution in [2.45, 2.75) is 37.9 Å². The van der Waals surface area contributed by atoms with Crippen LogP contribution in [0.15, 0.2) is 53.6 Å². The van der Waals surface area contributed by atoms with Crippen molar-refractivity contribution in [2.24, 2.45) is 5.92 Å². The van der Waals surface area contributed by atoms with E-state index in [-0.39, 0.29) is 34.9 Å². The molecule has 0 amide bonds. The number of hydrogen-bond donors (Lipinski definition) is 2. The minimum absolute atomic E-state index is 0.0658. The number of pyridine rings is 1. The maximum Gasteiger partial charge on any atom is 0.417 e. The molecule has 0 unspecified atom stereocenters. The molecule has 4 rings (SSSR count). The number of anilines is 1. The van der Waals surface area contributed by atoms with Crippen molar-refractivity contribution >= 4 is 11.9 Å². The quantitative estimate of drug-likeness (QED) is 0.526. The lowest BCUT2D eigenvalue weighted by molar-refractivity contribution is -0.142. The number of carbonyl (C=O) groups is 1. The van der Waals surface area contributed by atoms with Gasteiger partial charge in [0.2, 0.25) is 5.95 Å². The van der Waals surface area contributed by atoms with Gasteiger partial charge in [-0.2, -0.15) is 13.2 Å². The van der Waals surface area contributed by atoms with Gasteiger partial charge in [0.15, 0.2) is 5.82 Å². The summed E-state index contributed by atoms with van der Waals surface area (Å²) in [6, 6.07) is 7.27. The zero-order valence-corrected chi connectivity index (χ0v) is 17.7.